The van der Waals surface area contributed by atoms with E-state index in [2.05, 4.69) is 10.5 Å². The highest BCUT2D eigenvalue weighted by molar-refractivity contribution is 6.00. The van der Waals surface area contributed by atoms with Gasteiger partial charge in [-0.2, -0.15) is 0 Å². The molecule has 1 aromatic carbocycles. The van der Waals surface area contributed by atoms with E-state index in [1.807, 2.05) is 18.2 Å². The molecule has 0 radical (unpaired) electrons. The average molecular weight is 572 g/mol. The summed E-state index contributed by atoms with van der Waals surface area (Å²) in [5.74, 6) is -1.60. The molecule has 0 bridgehead atoms. The number of nitrogens with one attached hydrogen (secondary N) is 1. The summed E-state index contributed by atoms with van der Waals surface area (Å²) >= 11 is 0. The van der Waals surface area contributed by atoms with Crippen LogP contribution in [0, 0.1) is 0 Å². The van der Waals surface area contributed by atoms with E-state index < -0.39 is 17.8 Å². The Bertz CT molecular complexity index is 1140. The number of phenolic OH excluding ortho intramolecular Hbond substituents is 2. The maximum atomic E-state index is 13.0. The molecule has 11 nitrogen and oxygen atoms in total. The minimum atomic E-state index is -0.731. The number of allylic oxidation sites excluding steroid dienone is 1. The van der Waals surface area contributed by atoms with Gasteiger partial charge < -0.3 is 34.7 Å². The van der Waals surface area contributed by atoms with Crippen molar-refractivity contribution in [3.63, 3.8) is 0 Å². The Labute approximate surface area is 240 Å². The minimum absolute atomic E-state index is 0.0211. The number of amides is 2. The zero-order valence-corrected chi connectivity index (χ0v) is 23.8. The van der Waals surface area contributed by atoms with E-state index in [0.29, 0.717) is 56.8 Å². The zero-order valence-electron chi connectivity index (χ0n) is 23.8. The molecule has 0 spiro atoms. The third-order valence-electron chi connectivity index (χ3n) is 6.67. The van der Waals surface area contributed by atoms with Gasteiger partial charge in [-0.3, -0.25) is 9.59 Å². The number of fused-ring (bicyclic) bond motifs is 1. The molecule has 2 amide bonds. The first kappa shape index (κ1) is 31.7. The lowest BCUT2D eigenvalue weighted by atomic mass is 9.99. The third-order valence-corrected chi connectivity index (χ3v) is 6.67. The molecule has 0 saturated carbocycles. The lowest BCUT2D eigenvalue weighted by molar-refractivity contribution is -0.137. The van der Waals surface area contributed by atoms with Crippen LogP contribution in [-0.4, -0.2) is 83.7 Å². The summed E-state index contributed by atoms with van der Waals surface area (Å²) in [4.78, 5) is 43.9. The number of ether oxygens (including phenoxy) is 2. The molecule has 0 aliphatic carbocycles. The number of rotatable bonds is 8. The highest BCUT2D eigenvalue weighted by Gasteiger charge is 2.23. The van der Waals surface area contributed by atoms with Gasteiger partial charge in [-0.05, 0) is 56.7 Å². The number of oxime groups is 1. The van der Waals surface area contributed by atoms with Gasteiger partial charge in [-0.1, -0.05) is 23.4 Å². The number of likely N-dealkylation sites (tertiary alicyclic amines) is 1. The van der Waals surface area contributed by atoms with Crippen LogP contribution < -0.4 is 5.32 Å². The van der Waals surface area contributed by atoms with Crippen LogP contribution in [0.3, 0.4) is 0 Å². The summed E-state index contributed by atoms with van der Waals surface area (Å²) in [5, 5.41) is 27.6. The molecular weight excluding hydrogens is 530 g/mol. The maximum absolute atomic E-state index is 13.0. The molecule has 0 aromatic heterocycles. The first-order chi connectivity index (χ1) is 19.7. The van der Waals surface area contributed by atoms with Gasteiger partial charge in [0.2, 0.25) is 5.91 Å². The van der Waals surface area contributed by atoms with Crippen LogP contribution in [0.2, 0.25) is 0 Å². The van der Waals surface area contributed by atoms with Gasteiger partial charge >= 0.3 is 5.97 Å². The number of carbonyl (C=O) groups excluding carboxylic acids is 3. The second-order valence-electron chi connectivity index (χ2n) is 10.2. The summed E-state index contributed by atoms with van der Waals surface area (Å²) < 4.78 is 11.6. The van der Waals surface area contributed by atoms with E-state index in [0.717, 1.165) is 25.3 Å². The van der Waals surface area contributed by atoms with E-state index in [1.54, 1.807) is 17.9 Å². The monoisotopic (exact) mass is 571 g/mol. The fourth-order valence-electron chi connectivity index (χ4n) is 4.59. The number of hydrogen-bond donors (Lipinski definition) is 3. The van der Waals surface area contributed by atoms with Gasteiger partial charge in [0, 0.05) is 52.1 Å². The van der Waals surface area contributed by atoms with Gasteiger partial charge in [0.15, 0.2) is 6.61 Å². The molecule has 11 heteroatoms. The molecule has 3 rings (SSSR count). The van der Waals surface area contributed by atoms with E-state index in [9.17, 15) is 24.6 Å². The van der Waals surface area contributed by atoms with Crippen molar-refractivity contribution in [2.24, 2.45) is 5.16 Å². The quantitative estimate of drug-likeness (QED) is 0.186. The second-order valence-corrected chi connectivity index (χ2v) is 10.2. The van der Waals surface area contributed by atoms with E-state index in [1.165, 1.54) is 13.0 Å². The van der Waals surface area contributed by atoms with E-state index in [4.69, 9.17) is 14.3 Å². The molecule has 2 atom stereocenters. The number of cyclic esters (lactones) is 1. The van der Waals surface area contributed by atoms with Crippen molar-refractivity contribution in [1.82, 2.24) is 10.2 Å². The summed E-state index contributed by atoms with van der Waals surface area (Å²) in [5.41, 5.74) is 0.600. The molecule has 1 fully saturated rings. The van der Waals surface area contributed by atoms with Crippen LogP contribution in [0.25, 0.3) is 0 Å². The Hall–Kier alpha value is -3.86. The molecule has 1 aromatic rings. The van der Waals surface area contributed by atoms with E-state index in [-0.39, 0.29) is 42.3 Å². The van der Waals surface area contributed by atoms with Crippen molar-refractivity contribution in [3.8, 4) is 11.5 Å². The van der Waals surface area contributed by atoms with Gasteiger partial charge in [0.1, 0.15) is 23.2 Å². The largest absolute Gasteiger partial charge is 0.508 e. The van der Waals surface area contributed by atoms with Gasteiger partial charge in [-0.25, -0.2) is 4.79 Å². The van der Waals surface area contributed by atoms with Crippen LogP contribution in [0.4, 0.5) is 0 Å². The molecular formula is C30H41N3O8. The lowest BCUT2D eigenvalue weighted by Gasteiger charge is -2.26. The van der Waals surface area contributed by atoms with E-state index >= 15 is 0 Å². The number of carbonyl (C=O) groups is 3. The molecule has 3 N–H and O–H groups in total. The highest BCUT2D eigenvalue weighted by atomic mass is 16.6. The summed E-state index contributed by atoms with van der Waals surface area (Å²) in [6.45, 7) is 5.33. The number of esters is 1. The van der Waals surface area contributed by atoms with Crippen molar-refractivity contribution in [3.05, 3.63) is 47.6 Å². The number of hydrogen-bond acceptors (Lipinski definition) is 9. The Morgan fingerprint density at radius 2 is 1.93 bits per heavy atom. The molecule has 2 aliphatic rings. The summed E-state index contributed by atoms with van der Waals surface area (Å²) in [6, 6.07) is 2.46. The number of piperidine rings is 1. The Balaban J connectivity index is 1.81. The van der Waals surface area contributed by atoms with Crippen LogP contribution >= 0.6 is 0 Å². The molecule has 0 unspecified atom stereocenters. The number of benzene rings is 1. The van der Waals surface area contributed by atoms with Crippen LogP contribution in [0.5, 0.6) is 11.5 Å². The van der Waals surface area contributed by atoms with Crippen LogP contribution in [-0.2, 0) is 30.3 Å². The van der Waals surface area contributed by atoms with Crippen LogP contribution in [0.15, 0.2) is 41.6 Å². The summed E-state index contributed by atoms with van der Waals surface area (Å²) in [6.07, 6.45) is 11.2. The topological polar surface area (TPSA) is 147 Å². The van der Waals surface area contributed by atoms with Gasteiger partial charge in [0.25, 0.3) is 5.91 Å². The maximum Gasteiger partial charge on any atom is 0.342 e. The minimum Gasteiger partial charge on any atom is -0.508 e. The first-order valence-corrected chi connectivity index (χ1v) is 14.1. The normalized spacial score (nSPS) is 21.1. The third kappa shape index (κ3) is 10.9. The van der Waals surface area contributed by atoms with Gasteiger partial charge in [-0.15, -0.1) is 0 Å². The zero-order chi connectivity index (χ0) is 29.6. The van der Waals surface area contributed by atoms with Crippen molar-refractivity contribution in [2.45, 2.75) is 71.0 Å². The SMILES string of the molecule is CC(=O)NCCCO[C@@H]1C=CC[C@@H](C)OC(=O)c2c(O)cc(O)cc2CC(=NOCC(=O)N2CCCCC2)C=CC1. The number of phenols is 2. The van der Waals surface area contributed by atoms with Crippen molar-refractivity contribution in [2.75, 3.05) is 32.8 Å². The van der Waals surface area contributed by atoms with Crippen molar-refractivity contribution >= 4 is 23.5 Å². The predicted octanol–water partition coefficient (Wildman–Crippen LogP) is 3.39. The first-order valence-electron chi connectivity index (χ1n) is 14.1. The molecule has 2 aliphatic heterocycles. The number of aromatic hydroxyl groups is 2. The second kappa shape index (κ2) is 16.4. The smallest absolute Gasteiger partial charge is 0.342 e. The Kier molecular flexibility index (Phi) is 12.7. The standard InChI is InChI=1S/C30H41N3O8/c1-21-9-6-11-26(39-16-8-13-31-22(2)34)12-7-10-24(32-40-20-28(37)33-14-4-3-5-15-33)17-23-18-25(35)19-27(36)29(23)30(38)41-21/h6-7,10-11,18-19,21,26,35-36H,3-5,8-9,12-17,20H2,1-2H3,(H,31,34)/t21-,26-/m1/s1. The Morgan fingerprint density at radius 1 is 1.15 bits per heavy atom. The van der Waals surface area contributed by atoms with Crippen molar-refractivity contribution < 1.29 is 38.9 Å². The Morgan fingerprint density at radius 3 is 2.68 bits per heavy atom. The van der Waals surface area contributed by atoms with Crippen LogP contribution in [0.1, 0.15) is 68.3 Å². The molecule has 2 heterocycles. The fraction of sp³-hybridized carbons (Fsp3) is 0.533. The average Bonchev–Trinajstić information content (AvgIpc) is 2.91. The van der Waals surface area contributed by atoms with Crippen molar-refractivity contribution in [1.29, 1.82) is 0 Å². The fourth-order valence-corrected chi connectivity index (χ4v) is 4.59. The number of nitrogens with zero attached hydrogens (tertiary/aromatic N) is 2. The molecule has 1 saturated heterocycles. The highest BCUT2D eigenvalue weighted by Crippen LogP contribution is 2.29. The van der Waals surface area contributed by atoms with Gasteiger partial charge in [0.05, 0.1) is 11.8 Å². The predicted molar refractivity (Wildman–Crippen MR) is 153 cm³/mol. The lowest BCUT2D eigenvalue weighted by Crippen LogP contribution is -2.37. The molecule has 41 heavy (non-hydrogen) atoms. The molecule has 224 valence electrons. The summed E-state index contributed by atoms with van der Waals surface area (Å²) in [7, 11) is 0.